The molecule has 0 spiro atoms. The molecular weight excluding hydrogens is 148 g/mol. The van der Waals surface area contributed by atoms with Crippen LogP contribution in [0, 0.1) is 6.92 Å². The Bertz CT molecular complexity index is 266. The first-order valence-electron chi connectivity index (χ1n) is 4.40. The second-order valence-electron chi connectivity index (χ2n) is 3.52. The molecule has 1 atom stereocenters. The van der Waals surface area contributed by atoms with Crippen molar-refractivity contribution in [1.82, 2.24) is 9.88 Å². The normalized spacial score (nSPS) is 23.7. The molecule has 0 aliphatic carbocycles. The summed E-state index contributed by atoms with van der Waals surface area (Å²) in [6.07, 6.45) is 3.27. The molecule has 1 aromatic heterocycles. The average Bonchev–Trinajstić information content (AvgIpc) is 2.06. The number of likely N-dealkylation sites (tertiary alicyclic amines) is 1. The van der Waals surface area contributed by atoms with Crippen LogP contribution in [0.15, 0.2) is 18.3 Å². The van der Waals surface area contributed by atoms with Gasteiger partial charge in [-0.2, -0.15) is 0 Å². The molecular formula is C10H14N2. The van der Waals surface area contributed by atoms with E-state index in [-0.39, 0.29) is 0 Å². The number of rotatable bonds is 1. The Morgan fingerprint density at radius 3 is 2.75 bits per heavy atom. The molecule has 1 aliphatic rings. The number of aromatic nitrogens is 1. The van der Waals surface area contributed by atoms with E-state index in [1.807, 2.05) is 13.1 Å². The Labute approximate surface area is 73.2 Å². The number of hydrogen-bond donors (Lipinski definition) is 0. The summed E-state index contributed by atoms with van der Waals surface area (Å²) >= 11 is 0. The third kappa shape index (κ3) is 1.23. The third-order valence-electron chi connectivity index (χ3n) is 2.61. The second kappa shape index (κ2) is 2.87. The molecule has 0 bridgehead atoms. The smallest absolute Gasteiger partial charge is 0.0372 e. The quantitative estimate of drug-likeness (QED) is 0.625. The minimum atomic E-state index is 0.623. The van der Waals surface area contributed by atoms with Crippen LogP contribution in [0.5, 0.6) is 0 Å². The van der Waals surface area contributed by atoms with E-state index in [1.165, 1.54) is 18.5 Å². The van der Waals surface area contributed by atoms with Crippen LogP contribution in [0.3, 0.4) is 0 Å². The molecule has 2 nitrogen and oxygen atoms in total. The molecule has 1 unspecified atom stereocenters. The molecule has 0 amide bonds. The lowest BCUT2D eigenvalue weighted by Crippen LogP contribution is -2.37. The lowest BCUT2D eigenvalue weighted by molar-refractivity contribution is 0.127. The second-order valence-corrected chi connectivity index (χ2v) is 3.52. The van der Waals surface area contributed by atoms with Crippen molar-refractivity contribution < 1.29 is 0 Å². The Morgan fingerprint density at radius 1 is 1.50 bits per heavy atom. The predicted molar refractivity (Wildman–Crippen MR) is 49.0 cm³/mol. The fraction of sp³-hybridized carbons (Fsp3) is 0.500. The van der Waals surface area contributed by atoms with Gasteiger partial charge in [0, 0.05) is 24.5 Å². The van der Waals surface area contributed by atoms with Crippen LogP contribution < -0.4 is 0 Å². The molecule has 2 rings (SSSR count). The van der Waals surface area contributed by atoms with Crippen molar-refractivity contribution in [2.24, 2.45) is 0 Å². The number of nitrogens with zero attached hydrogens (tertiary/aromatic N) is 2. The summed E-state index contributed by atoms with van der Waals surface area (Å²) in [6.45, 7) is 3.24. The van der Waals surface area contributed by atoms with Crippen molar-refractivity contribution in [2.75, 3.05) is 13.6 Å². The van der Waals surface area contributed by atoms with Crippen molar-refractivity contribution >= 4 is 0 Å². The van der Waals surface area contributed by atoms with Crippen molar-refractivity contribution in [1.29, 1.82) is 0 Å². The first-order valence-corrected chi connectivity index (χ1v) is 4.40. The Kier molecular flexibility index (Phi) is 1.85. The molecule has 64 valence electrons. The maximum absolute atomic E-state index is 4.29. The molecule has 0 radical (unpaired) electrons. The van der Waals surface area contributed by atoms with Crippen LogP contribution >= 0.6 is 0 Å². The minimum Gasteiger partial charge on any atom is -0.299 e. The topological polar surface area (TPSA) is 16.1 Å². The molecule has 1 aromatic rings. The summed E-state index contributed by atoms with van der Waals surface area (Å²) < 4.78 is 0. The van der Waals surface area contributed by atoms with Gasteiger partial charge < -0.3 is 0 Å². The van der Waals surface area contributed by atoms with Crippen molar-refractivity contribution in [3.63, 3.8) is 0 Å². The van der Waals surface area contributed by atoms with E-state index in [0.29, 0.717) is 6.04 Å². The minimum absolute atomic E-state index is 0.623. The molecule has 2 heterocycles. The SMILES string of the molecule is Cc1ccc(C2CCN2C)cn1. The monoisotopic (exact) mass is 162 g/mol. The molecule has 1 aliphatic heterocycles. The first-order chi connectivity index (χ1) is 5.77. The zero-order chi connectivity index (χ0) is 8.55. The van der Waals surface area contributed by atoms with Crippen LogP contribution in [-0.2, 0) is 0 Å². The Morgan fingerprint density at radius 2 is 2.33 bits per heavy atom. The molecule has 0 saturated carbocycles. The van der Waals surface area contributed by atoms with Gasteiger partial charge >= 0.3 is 0 Å². The fourth-order valence-corrected chi connectivity index (χ4v) is 1.61. The maximum atomic E-state index is 4.29. The Hall–Kier alpha value is -0.890. The fourth-order valence-electron chi connectivity index (χ4n) is 1.61. The van der Waals surface area contributed by atoms with Gasteiger partial charge in [0.2, 0.25) is 0 Å². The van der Waals surface area contributed by atoms with E-state index in [1.54, 1.807) is 0 Å². The van der Waals surface area contributed by atoms with Crippen molar-refractivity contribution in [3.8, 4) is 0 Å². The highest BCUT2D eigenvalue weighted by molar-refractivity contribution is 5.19. The molecule has 0 aromatic carbocycles. The zero-order valence-electron chi connectivity index (χ0n) is 7.62. The number of aryl methyl sites for hydroxylation is 1. The Balaban J connectivity index is 2.18. The van der Waals surface area contributed by atoms with E-state index in [2.05, 4.69) is 29.1 Å². The van der Waals surface area contributed by atoms with Crippen LogP contribution in [0.25, 0.3) is 0 Å². The van der Waals surface area contributed by atoms with Crippen LogP contribution in [0.4, 0.5) is 0 Å². The molecule has 1 saturated heterocycles. The summed E-state index contributed by atoms with van der Waals surface area (Å²) in [5.74, 6) is 0. The summed E-state index contributed by atoms with van der Waals surface area (Å²) in [5.41, 5.74) is 2.45. The van der Waals surface area contributed by atoms with Crippen LogP contribution in [0.1, 0.15) is 23.7 Å². The largest absolute Gasteiger partial charge is 0.299 e. The summed E-state index contributed by atoms with van der Waals surface area (Å²) in [7, 11) is 2.16. The lowest BCUT2D eigenvalue weighted by atomic mass is 9.97. The van der Waals surface area contributed by atoms with Gasteiger partial charge in [-0.15, -0.1) is 0 Å². The van der Waals surface area contributed by atoms with Gasteiger partial charge in [0.25, 0.3) is 0 Å². The van der Waals surface area contributed by atoms with Gasteiger partial charge in [0.1, 0.15) is 0 Å². The average molecular weight is 162 g/mol. The molecule has 0 N–H and O–H groups in total. The summed E-state index contributed by atoms with van der Waals surface area (Å²) in [6, 6.07) is 4.89. The van der Waals surface area contributed by atoms with Gasteiger partial charge in [-0.1, -0.05) is 6.07 Å². The third-order valence-corrected chi connectivity index (χ3v) is 2.61. The van der Waals surface area contributed by atoms with Gasteiger partial charge in [-0.3, -0.25) is 9.88 Å². The summed E-state index contributed by atoms with van der Waals surface area (Å²) in [5, 5.41) is 0. The molecule has 1 fully saturated rings. The van der Waals surface area contributed by atoms with Gasteiger partial charge in [-0.05, 0) is 32.0 Å². The van der Waals surface area contributed by atoms with E-state index < -0.39 is 0 Å². The zero-order valence-corrected chi connectivity index (χ0v) is 7.62. The summed E-state index contributed by atoms with van der Waals surface area (Å²) in [4.78, 5) is 6.64. The van der Waals surface area contributed by atoms with E-state index in [4.69, 9.17) is 0 Å². The van der Waals surface area contributed by atoms with Gasteiger partial charge in [0.15, 0.2) is 0 Å². The first kappa shape index (κ1) is 7.74. The van der Waals surface area contributed by atoms with Crippen LogP contribution in [0.2, 0.25) is 0 Å². The molecule has 2 heteroatoms. The van der Waals surface area contributed by atoms with E-state index >= 15 is 0 Å². The van der Waals surface area contributed by atoms with E-state index in [9.17, 15) is 0 Å². The number of hydrogen-bond acceptors (Lipinski definition) is 2. The standard InChI is InChI=1S/C10H14N2/c1-8-3-4-9(7-11-8)10-5-6-12(10)2/h3-4,7,10H,5-6H2,1-2H3. The van der Waals surface area contributed by atoms with Crippen molar-refractivity contribution in [3.05, 3.63) is 29.6 Å². The van der Waals surface area contributed by atoms with Crippen molar-refractivity contribution in [2.45, 2.75) is 19.4 Å². The van der Waals surface area contributed by atoms with Crippen LogP contribution in [-0.4, -0.2) is 23.5 Å². The number of pyridine rings is 1. The van der Waals surface area contributed by atoms with E-state index in [0.717, 1.165) is 5.69 Å². The lowest BCUT2D eigenvalue weighted by Gasteiger charge is -2.37. The van der Waals surface area contributed by atoms with Gasteiger partial charge in [-0.25, -0.2) is 0 Å². The highest BCUT2D eigenvalue weighted by Crippen LogP contribution is 2.30. The predicted octanol–water partition coefficient (Wildman–Crippen LogP) is 1.77. The molecule has 12 heavy (non-hydrogen) atoms. The maximum Gasteiger partial charge on any atom is 0.0372 e. The highest BCUT2D eigenvalue weighted by atomic mass is 15.2. The van der Waals surface area contributed by atoms with Gasteiger partial charge in [0.05, 0.1) is 0 Å². The highest BCUT2D eigenvalue weighted by Gasteiger charge is 2.25.